The van der Waals surface area contributed by atoms with E-state index >= 15 is 0 Å². The van der Waals surface area contributed by atoms with Crippen LogP contribution in [0.25, 0.3) is 5.82 Å². The Morgan fingerprint density at radius 2 is 2.33 bits per heavy atom. The first kappa shape index (κ1) is 16.8. The van der Waals surface area contributed by atoms with Gasteiger partial charge in [-0.3, -0.25) is 4.57 Å². The van der Waals surface area contributed by atoms with E-state index in [1.807, 2.05) is 46.6 Å². The van der Waals surface area contributed by atoms with Crippen molar-refractivity contribution in [2.45, 2.75) is 37.1 Å². The third-order valence-electron chi connectivity index (χ3n) is 4.58. The lowest BCUT2D eigenvalue weighted by atomic mass is 10.2. The summed E-state index contributed by atoms with van der Waals surface area (Å²) in [5.74, 6) is 0.814. The van der Waals surface area contributed by atoms with Gasteiger partial charge in [-0.25, -0.2) is 14.8 Å². The van der Waals surface area contributed by atoms with Gasteiger partial charge < -0.3 is 10.2 Å². The molecule has 24 heavy (non-hydrogen) atoms. The van der Waals surface area contributed by atoms with Crippen LogP contribution >= 0.6 is 11.8 Å². The Morgan fingerprint density at radius 1 is 1.46 bits per heavy atom. The van der Waals surface area contributed by atoms with Crippen LogP contribution in [0.4, 0.5) is 4.79 Å². The van der Waals surface area contributed by atoms with E-state index in [0.717, 1.165) is 24.2 Å². The van der Waals surface area contributed by atoms with E-state index in [-0.39, 0.29) is 6.03 Å². The number of imidazole rings is 1. The molecule has 2 aromatic rings. The summed E-state index contributed by atoms with van der Waals surface area (Å²) in [6.07, 6.45) is 12.6. The second-order valence-corrected chi connectivity index (χ2v) is 7.23. The molecule has 0 bridgehead atoms. The smallest absolute Gasteiger partial charge is 0.317 e. The number of thioether (sulfide) groups is 1. The minimum Gasteiger partial charge on any atom is -0.334 e. The fourth-order valence-electron chi connectivity index (χ4n) is 3.02. The van der Waals surface area contributed by atoms with Crippen molar-refractivity contribution in [3.8, 4) is 5.82 Å². The highest BCUT2D eigenvalue weighted by Crippen LogP contribution is 2.30. The fourth-order valence-corrected chi connectivity index (χ4v) is 3.81. The molecule has 1 saturated carbocycles. The number of amides is 2. The van der Waals surface area contributed by atoms with Crippen molar-refractivity contribution in [2.24, 2.45) is 0 Å². The van der Waals surface area contributed by atoms with E-state index in [2.05, 4.69) is 21.5 Å². The molecular weight excluding hydrogens is 322 g/mol. The van der Waals surface area contributed by atoms with Crippen molar-refractivity contribution in [3.05, 3.63) is 42.6 Å². The molecule has 0 unspecified atom stereocenters. The first-order chi connectivity index (χ1) is 11.7. The zero-order valence-corrected chi connectivity index (χ0v) is 14.9. The summed E-state index contributed by atoms with van der Waals surface area (Å²) in [6, 6.07) is 4.24. The van der Waals surface area contributed by atoms with Crippen LogP contribution in [0.15, 0.2) is 37.1 Å². The topological polar surface area (TPSA) is 63.1 Å². The lowest BCUT2D eigenvalue weighted by Crippen LogP contribution is -2.42. The zero-order valence-electron chi connectivity index (χ0n) is 14.1. The maximum Gasteiger partial charge on any atom is 0.317 e. The molecule has 0 aliphatic heterocycles. The molecule has 0 radical (unpaired) electrons. The third-order valence-corrected chi connectivity index (χ3v) is 5.67. The number of carbonyl (C=O) groups is 1. The van der Waals surface area contributed by atoms with Crippen LogP contribution in [-0.4, -0.2) is 50.1 Å². The molecule has 128 valence electrons. The molecule has 7 heteroatoms. The van der Waals surface area contributed by atoms with E-state index in [4.69, 9.17) is 0 Å². The standard InChI is InChI=1S/C17H23N5OS/c1-21(14-4-5-15(9-14)24-2)17(23)20-11-13-3-6-16(19-10-13)22-8-7-18-12-22/h3,6-8,10,12,14-15H,4-5,9,11H2,1-2H3,(H,20,23)/t14-,15+/m1/s1. The molecule has 2 heterocycles. The molecule has 2 amide bonds. The molecule has 2 aromatic heterocycles. The van der Waals surface area contributed by atoms with Gasteiger partial charge in [-0.05, 0) is 37.1 Å². The summed E-state index contributed by atoms with van der Waals surface area (Å²) in [5, 5.41) is 3.67. The Hall–Kier alpha value is -2.02. The minimum absolute atomic E-state index is 0.0135. The minimum atomic E-state index is -0.0135. The largest absolute Gasteiger partial charge is 0.334 e. The molecule has 3 rings (SSSR count). The molecule has 1 fully saturated rings. The number of urea groups is 1. The molecule has 0 spiro atoms. The van der Waals surface area contributed by atoms with Crippen molar-refractivity contribution >= 4 is 17.8 Å². The third kappa shape index (κ3) is 3.90. The first-order valence-corrected chi connectivity index (χ1v) is 9.43. The number of hydrogen-bond donors (Lipinski definition) is 1. The van der Waals surface area contributed by atoms with E-state index in [0.29, 0.717) is 17.8 Å². The van der Waals surface area contributed by atoms with Gasteiger partial charge in [-0.15, -0.1) is 0 Å². The average molecular weight is 345 g/mol. The van der Waals surface area contributed by atoms with Crippen molar-refractivity contribution < 1.29 is 4.79 Å². The van der Waals surface area contributed by atoms with Gasteiger partial charge in [0.2, 0.25) is 0 Å². The molecule has 6 nitrogen and oxygen atoms in total. The predicted octanol–water partition coefficient (Wildman–Crippen LogP) is 2.69. The second kappa shape index (κ2) is 7.70. The Balaban J connectivity index is 1.51. The van der Waals surface area contributed by atoms with Crippen LogP contribution in [-0.2, 0) is 6.54 Å². The van der Waals surface area contributed by atoms with Crippen LogP contribution in [0.2, 0.25) is 0 Å². The monoisotopic (exact) mass is 345 g/mol. The average Bonchev–Trinajstić information content (AvgIpc) is 3.30. The summed E-state index contributed by atoms with van der Waals surface area (Å²) >= 11 is 1.90. The quantitative estimate of drug-likeness (QED) is 0.905. The zero-order chi connectivity index (χ0) is 16.9. The van der Waals surface area contributed by atoms with Crippen LogP contribution < -0.4 is 5.32 Å². The molecular formula is C17H23N5OS. The Bertz CT molecular complexity index is 658. The number of nitrogens with zero attached hydrogens (tertiary/aromatic N) is 4. The van der Waals surface area contributed by atoms with E-state index in [9.17, 15) is 4.79 Å². The molecule has 1 aliphatic rings. The Labute approximate surface area is 146 Å². The van der Waals surface area contributed by atoms with Gasteiger partial charge >= 0.3 is 6.03 Å². The van der Waals surface area contributed by atoms with Gasteiger partial charge in [-0.2, -0.15) is 11.8 Å². The highest BCUT2D eigenvalue weighted by molar-refractivity contribution is 7.99. The highest BCUT2D eigenvalue weighted by atomic mass is 32.2. The van der Waals surface area contributed by atoms with E-state index < -0.39 is 0 Å². The van der Waals surface area contributed by atoms with Crippen molar-refractivity contribution in [1.82, 2.24) is 24.8 Å². The van der Waals surface area contributed by atoms with Gasteiger partial charge in [0.05, 0.1) is 0 Å². The molecule has 1 aliphatic carbocycles. The first-order valence-electron chi connectivity index (χ1n) is 8.14. The summed E-state index contributed by atoms with van der Waals surface area (Å²) < 4.78 is 1.85. The van der Waals surface area contributed by atoms with E-state index in [1.54, 1.807) is 18.7 Å². The second-order valence-electron chi connectivity index (χ2n) is 6.09. The summed E-state index contributed by atoms with van der Waals surface area (Å²) in [4.78, 5) is 22.6. The maximum atomic E-state index is 12.3. The molecule has 0 saturated heterocycles. The normalized spacial score (nSPS) is 20.1. The number of nitrogens with one attached hydrogen (secondary N) is 1. The molecule has 1 N–H and O–H groups in total. The predicted molar refractivity (Wildman–Crippen MR) is 96.3 cm³/mol. The van der Waals surface area contributed by atoms with Gasteiger partial charge in [0.15, 0.2) is 0 Å². The van der Waals surface area contributed by atoms with Gasteiger partial charge in [0, 0.05) is 43.5 Å². The number of aromatic nitrogens is 3. The molecule has 2 atom stereocenters. The van der Waals surface area contributed by atoms with E-state index in [1.165, 1.54) is 6.42 Å². The lowest BCUT2D eigenvalue weighted by molar-refractivity contribution is 0.190. The summed E-state index contributed by atoms with van der Waals surface area (Å²) in [7, 11) is 1.89. The SMILES string of the molecule is CS[C@H]1CC[C@@H](N(C)C(=O)NCc2ccc(-n3ccnc3)nc2)C1. The van der Waals surface area contributed by atoms with Crippen LogP contribution in [0.1, 0.15) is 24.8 Å². The number of pyridine rings is 1. The fraction of sp³-hybridized carbons (Fsp3) is 0.471. The number of carbonyl (C=O) groups excluding carboxylic acids is 1. The summed E-state index contributed by atoms with van der Waals surface area (Å²) in [6.45, 7) is 0.485. The van der Waals surface area contributed by atoms with Gasteiger partial charge in [-0.1, -0.05) is 6.07 Å². The Kier molecular flexibility index (Phi) is 5.40. The van der Waals surface area contributed by atoms with Crippen LogP contribution in [0.3, 0.4) is 0 Å². The maximum absolute atomic E-state index is 12.3. The summed E-state index contributed by atoms with van der Waals surface area (Å²) in [5.41, 5.74) is 0.981. The van der Waals surface area contributed by atoms with Crippen LogP contribution in [0.5, 0.6) is 0 Å². The molecule has 0 aromatic carbocycles. The van der Waals surface area contributed by atoms with Crippen molar-refractivity contribution in [2.75, 3.05) is 13.3 Å². The van der Waals surface area contributed by atoms with Crippen LogP contribution in [0, 0.1) is 0 Å². The lowest BCUT2D eigenvalue weighted by Gasteiger charge is -2.25. The van der Waals surface area contributed by atoms with Gasteiger partial charge in [0.25, 0.3) is 0 Å². The van der Waals surface area contributed by atoms with Gasteiger partial charge in [0.1, 0.15) is 12.1 Å². The van der Waals surface area contributed by atoms with Crippen molar-refractivity contribution in [1.29, 1.82) is 0 Å². The number of rotatable bonds is 5. The van der Waals surface area contributed by atoms with Crippen molar-refractivity contribution in [3.63, 3.8) is 0 Å². The number of hydrogen-bond acceptors (Lipinski definition) is 4. The highest BCUT2D eigenvalue weighted by Gasteiger charge is 2.29. The Morgan fingerprint density at radius 3 is 2.96 bits per heavy atom.